The number of nitrogens with one attached hydrogen (secondary N) is 1. The van der Waals surface area contributed by atoms with E-state index in [0.717, 1.165) is 16.7 Å². The zero-order chi connectivity index (χ0) is 25.9. The molecule has 11 heteroatoms. The number of methoxy groups -OCH3 is 1. The molecule has 0 aliphatic rings. The molecule has 0 spiro atoms. The maximum absolute atomic E-state index is 13.0. The standard InChI is InChI=1S/C25H23ClN4O5S/c1-4-25(31)30(24-10-7-19(15-27-24)36(32,33)29-23-11-12-35-28-23)21-9-6-18(14-22(21)34-3)17-5-8-20(26)16(2)13-17/h5-15H,4H2,1-3H3,(H,28,29). The summed E-state index contributed by atoms with van der Waals surface area (Å²) in [4.78, 5) is 18.5. The number of benzene rings is 2. The van der Waals surface area contributed by atoms with Crippen LogP contribution in [0.1, 0.15) is 18.9 Å². The Morgan fingerprint density at radius 3 is 2.47 bits per heavy atom. The zero-order valence-corrected chi connectivity index (χ0v) is 21.3. The number of pyridine rings is 1. The summed E-state index contributed by atoms with van der Waals surface area (Å²) in [6, 6.07) is 15.4. The van der Waals surface area contributed by atoms with Crippen LogP contribution in [0.25, 0.3) is 11.1 Å². The van der Waals surface area contributed by atoms with Gasteiger partial charge in [-0.1, -0.05) is 35.8 Å². The Morgan fingerprint density at radius 1 is 1.11 bits per heavy atom. The second-order valence-electron chi connectivity index (χ2n) is 7.78. The van der Waals surface area contributed by atoms with Gasteiger partial charge in [0, 0.05) is 23.7 Å². The van der Waals surface area contributed by atoms with Gasteiger partial charge in [0.05, 0.1) is 12.8 Å². The van der Waals surface area contributed by atoms with Crippen molar-refractivity contribution < 1.29 is 22.5 Å². The minimum Gasteiger partial charge on any atom is -0.495 e. The topological polar surface area (TPSA) is 115 Å². The van der Waals surface area contributed by atoms with Crippen LogP contribution >= 0.6 is 11.6 Å². The maximum atomic E-state index is 13.0. The van der Waals surface area contributed by atoms with Crippen molar-refractivity contribution in [3.8, 4) is 16.9 Å². The molecule has 0 bridgehead atoms. The number of sulfonamides is 1. The van der Waals surface area contributed by atoms with Gasteiger partial charge in [-0.25, -0.2) is 13.4 Å². The number of amides is 1. The van der Waals surface area contributed by atoms with E-state index in [1.165, 1.54) is 42.7 Å². The molecule has 2 heterocycles. The van der Waals surface area contributed by atoms with Gasteiger partial charge in [0.15, 0.2) is 5.82 Å². The van der Waals surface area contributed by atoms with E-state index < -0.39 is 10.0 Å². The Kier molecular flexibility index (Phi) is 7.27. The average Bonchev–Trinajstić information content (AvgIpc) is 3.38. The van der Waals surface area contributed by atoms with Crippen LogP contribution in [0.5, 0.6) is 5.75 Å². The lowest BCUT2D eigenvalue weighted by Crippen LogP contribution is -2.26. The quantitative estimate of drug-likeness (QED) is 0.318. The van der Waals surface area contributed by atoms with Crippen molar-refractivity contribution in [1.82, 2.24) is 10.1 Å². The van der Waals surface area contributed by atoms with Gasteiger partial charge in [-0.15, -0.1) is 0 Å². The van der Waals surface area contributed by atoms with Crippen LogP contribution in [-0.2, 0) is 14.8 Å². The predicted octanol–water partition coefficient (Wildman–Crippen LogP) is 5.58. The average molecular weight is 527 g/mol. The lowest BCUT2D eigenvalue weighted by atomic mass is 10.0. The number of hydrogen-bond donors (Lipinski definition) is 1. The highest BCUT2D eigenvalue weighted by Gasteiger charge is 2.23. The summed E-state index contributed by atoms with van der Waals surface area (Å²) < 4.78 is 37.8. The summed E-state index contributed by atoms with van der Waals surface area (Å²) in [5.74, 6) is 0.499. The van der Waals surface area contributed by atoms with E-state index in [1.54, 1.807) is 13.0 Å². The van der Waals surface area contributed by atoms with Crippen molar-refractivity contribution in [2.45, 2.75) is 25.2 Å². The zero-order valence-electron chi connectivity index (χ0n) is 19.7. The number of ether oxygens (including phenoxy) is 1. The number of rotatable bonds is 8. The number of carbonyl (C=O) groups excluding carboxylic acids is 1. The van der Waals surface area contributed by atoms with E-state index in [0.29, 0.717) is 16.5 Å². The second-order valence-corrected chi connectivity index (χ2v) is 9.87. The van der Waals surface area contributed by atoms with Gasteiger partial charge in [-0.05, 0) is 60.0 Å². The number of aromatic nitrogens is 2. The highest BCUT2D eigenvalue weighted by atomic mass is 35.5. The predicted molar refractivity (Wildman–Crippen MR) is 137 cm³/mol. The summed E-state index contributed by atoms with van der Waals surface area (Å²) >= 11 is 6.16. The largest absolute Gasteiger partial charge is 0.495 e. The van der Waals surface area contributed by atoms with E-state index in [-0.39, 0.29) is 28.9 Å². The molecule has 0 aliphatic carbocycles. The molecule has 4 aromatic rings. The van der Waals surface area contributed by atoms with Gasteiger partial charge < -0.3 is 9.26 Å². The van der Waals surface area contributed by atoms with Gasteiger partial charge in [-0.3, -0.25) is 14.4 Å². The van der Waals surface area contributed by atoms with E-state index in [4.69, 9.17) is 16.3 Å². The van der Waals surface area contributed by atoms with Crippen molar-refractivity contribution >= 4 is 44.9 Å². The van der Waals surface area contributed by atoms with E-state index in [2.05, 4.69) is 19.4 Å². The molecule has 0 atom stereocenters. The lowest BCUT2D eigenvalue weighted by Gasteiger charge is -2.24. The van der Waals surface area contributed by atoms with Crippen molar-refractivity contribution in [2.75, 3.05) is 16.7 Å². The Balaban J connectivity index is 1.70. The molecular formula is C25H23ClN4O5S. The van der Waals surface area contributed by atoms with Gasteiger partial charge in [0.2, 0.25) is 5.91 Å². The molecule has 4 rings (SSSR count). The molecule has 1 N–H and O–H groups in total. The van der Waals surface area contributed by atoms with Crippen LogP contribution in [0.3, 0.4) is 0 Å². The Bertz CT molecular complexity index is 1490. The van der Waals surface area contributed by atoms with Gasteiger partial charge >= 0.3 is 0 Å². The molecule has 0 fully saturated rings. The van der Waals surface area contributed by atoms with Crippen LogP contribution in [0.2, 0.25) is 5.02 Å². The van der Waals surface area contributed by atoms with Crippen LogP contribution in [0.4, 0.5) is 17.3 Å². The first-order valence-corrected chi connectivity index (χ1v) is 12.8. The van der Waals surface area contributed by atoms with Gasteiger partial charge in [-0.2, -0.15) is 0 Å². The maximum Gasteiger partial charge on any atom is 0.264 e. The normalized spacial score (nSPS) is 11.2. The molecule has 2 aromatic carbocycles. The van der Waals surface area contributed by atoms with Crippen molar-refractivity contribution in [3.05, 3.63) is 77.6 Å². The highest BCUT2D eigenvalue weighted by Crippen LogP contribution is 2.37. The minimum absolute atomic E-state index is 0.0440. The molecular weight excluding hydrogens is 504 g/mol. The number of anilines is 3. The Hall–Kier alpha value is -3.89. The summed E-state index contributed by atoms with van der Waals surface area (Å²) in [5.41, 5.74) is 3.25. The molecule has 186 valence electrons. The molecule has 36 heavy (non-hydrogen) atoms. The van der Waals surface area contributed by atoms with Crippen LogP contribution < -0.4 is 14.4 Å². The van der Waals surface area contributed by atoms with Crippen LogP contribution in [0.15, 0.2) is 76.5 Å². The fraction of sp³-hybridized carbons (Fsp3) is 0.160. The third-order valence-corrected chi connectivity index (χ3v) is 7.16. The summed E-state index contributed by atoms with van der Waals surface area (Å²) in [6.45, 7) is 3.66. The second kappa shape index (κ2) is 10.4. The van der Waals surface area contributed by atoms with Gasteiger partial charge in [0.1, 0.15) is 22.7 Å². The van der Waals surface area contributed by atoms with Gasteiger partial charge in [0.25, 0.3) is 10.0 Å². The molecule has 0 unspecified atom stereocenters. The van der Waals surface area contributed by atoms with E-state index in [9.17, 15) is 13.2 Å². The first-order valence-electron chi connectivity index (χ1n) is 10.9. The summed E-state index contributed by atoms with van der Waals surface area (Å²) in [6.07, 6.45) is 2.61. The van der Waals surface area contributed by atoms with Crippen LogP contribution in [0, 0.1) is 6.92 Å². The SMILES string of the molecule is CCC(=O)N(c1ccc(S(=O)(=O)Nc2ccon2)cn1)c1ccc(-c2ccc(Cl)c(C)c2)cc1OC. The minimum atomic E-state index is -3.94. The van der Waals surface area contributed by atoms with E-state index >= 15 is 0 Å². The first kappa shape index (κ1) is 25.2. The Morgan fingerprint density at radius 2 is 1.86 bits per heavy atom. The molecule has 0 saturated carbocycles. The number of aryl methyl sites for hydroxylation is 1. The third kappa shape index (κ3) is 5.19. The third-order valence-electron chi connectivity index (χ3n) is 5.40. The molecule has 0 aliphatic heterocycles. The summed E-state index contributed by atoms with van der Waals surface area (Å²) in [7, 11) is -2.43. The molecule has 2 aromatic heterocycles. The van der Waals surface area contributed by atoms with Crippen molar-refractivity contribution in [2.24, 2.45) is 0 Å². The fourth-order valence-corrected chi connectivity index (χ4v) is 4.59. The lowest BCUT2D eigenvalue weighted by molar-refractivity contribution is -0.117. The highest BCUT2D eigenvalue weighted by molar-refractivity contribution is 7.92. The smallest absolute Gasteiger partial charge is 0.264 e. The van der Waals surface area contributed by atoms with Crippen molar-refractivity contribution in [3.63, 3.8) is 0 Å². The number of hydrogen-bond acceptors (Lipinski definition) is 7. The molecule has 0 radical (unpaired) electrons. The van der Waals surface area contributed by atoms with E-state index in [1.807, 2.05) is 37.3 Å². The summed E-state index contributed by atoms with van der Waals surface area (Å²) in [5, 5.41) is 4.22. The number of halogens is 1. The Labute approximate surface area is 213 Å². The molecule has 1 amide bonds. The molecule has 9 nitrogen and oxygen atoms in total. The molecule has 0 saturated heterocycles. The van der Waals surface area contributed by atoms with Crippen molar-refractivity contribution in [1.29, 1.82) is 0 Å². The fourth-order valence-electron chi connectivity index (χ4n) is 3.54. The van der Waals surface area contributed by atoms with Crippen LogP contribution in [-0.4, -0.2) is 31.6 Å². The monoisotopic (exact) mass is 526 g/mol. The number of carbonyl (C=O) groups is 1. The number of nitrogens with zero attached hydrogens (tertiary/aromatic N) is 3. The first-order chi connectivity index (χ1) is 17.2.